The van der Waals surface area contributed by atoms with Crippen molar-refractivity contribution in [2.75, 3.05) is 6.61 Å². The Balaban J connectivity index is 1.65. The average Bonchev–Trinajstić information content (AvgIpc) is 3.14. The highest BCUT2D eigenvalue weighted by Crippen LogP contribution is 2.37. The molecule has 2 aromatic heterocycles. The summed E-state index contributed by atoms with van der Waals surface area (Å²) in [5, 5.41) is 3.73. The fourth-order valence-corrected chi connectivity index (χ4v) is 4.54. The Labute approximate surface area is 165 Å². The number of rotatable bonds is 6. The molecule has 160 valence electrons. The highest BCUT2D eigenvalue weighted by Gasteiger charge is 2.39. The number of esters is 1. The smallest absolute Gasteiger partial charge is 0.419 e. The maximum atomic E-state index is 12.9. The van der Waals surface area contributed by atoms with E-state index in [9.17, 15) is 26.4 Å². The molecule has 3 rings (SSSR count). The second-order valence-electron chi connectivity index (χ2n) is 6.94. The Morgan fingerprint density at radius 3 is 2.59 bits per heavy atom. The number of nitrogens with one attached hydrogen (secondary N) is 2. The highest BCUT2D eigenvalue weighted by molar-refractivity contribution is 7.89. The monoisotopic (exact) mass is 434 g/mol. The fraction of sp³-hybridized carbons (Fsp3) is 0.529. The standard InChI is InChI=1S/C17H21F3N4O4S/c1-4-28-16(25)13-7-15(21-9(13)2)29(26,27)23-11-5-12(6-11)24-8-14(10(3)22-24)17(18,19)20/h7-8,11-12,21,23H,4-6H2,1-3H3/t11-,12-. The topological polar surface area (TPSA) is 106 Å². The Hall–Kier alpha value is -2.34. The fourth-order valence-electron chi connectivity index (χ4n) is 3.22. The molecule has 1 aliphatic rings. The van der Waals surface area contributed by atoms with E-state index in [0.29, 0.717) is 18.5 Å². The van der Waals surface area contributed by atoms with Crippen LogP contribution >= 0.6 is 0 Å². The van der Waals surface area contributed by atoms with Crippen molar-refractivity contribution < 1.29 is 31.1 Å². The van der Waals surface area contributed by atoms with Gasteiger partial charge in [-0.15, -0.1) is 0 Å². The van der Waals surface area contributed by atoms with Crippen LogP contribution in [0.4, 0.5) is 13.2 Å². The van der Waals surface area contributed by atoms with Gasteiger partial charge < -0.3 is 9.72 Å². The lowest BCUT2D eigenvalue weighted by atomic mass is 9.88. The van der Waals surface area contributed by atoms with E-state index < -0.39 is 33.8 Å². The molecule has 0 amide bonds. The van der Waals surface area contributed by atoms with Gasteiger partial charge in [-0.05, 0) is 39.7 Å². The van der Waals surface area contributed by atoms with Gasteiger partial charge >= 0.3 is 12.1 Å². The molecule has 1 fully saturated rings. The minimum atomic E-state index is -4.48. The summed E-state index contributed by atoms with van der Waals surface area (Å²) in [4.78, 5) is 14.5. The lowest BCUT2D eigenvalue weighted by Crippen LogP contribution is -2.45. The molecule has 0 aliphatic heterocycles. The number of aromatic amines is 1. The molecule has 2 N–H and O–H groups in total. The molecule has 0 bridgehead atoms. The zero-order valence-corrected chi connectivity index (χ0v) is 16.8. The number of hydrogen-bond donors (Lipinski definition) is 2. The minimum absolute atomic E-state index is 0.116. The second-order valence-corrected chi connectivity index (χ2v) is 8.62. The molecule has 1 saturated carbocycles. The van der Waals surface area contributed by atoms with Crippen LogP contribution in [0.15, 0.2) is 17.3 Å². The summed E-state index contributed by atoms with van der Waals surface area (Å²) >= 11 is 0. The van der Waals surface area contributed by atoms with Crippen molar-refractivity contribution in [3.8, 4) is 0 Å². The van der Waals surface area contributed by atoms with Gasteiger partial charge in [-0.2, -0.15) is 18.3 Å². The van der Waals surface area contributed by atoms with Gasteiger partial charge in [0.1, 0.15) is 5.03 Å². The molecule has 2 heterocycles. The van der Waals surface area contributed by atoms with E-state index in [-0.39, 0.29) is 28.9 Å². The van der Waals surface area contributed by atoms with Crippen LogP contribution in [0.1, 0.15) is 53.1 Å². The number of ether oxygens (including phenoxy) is 1. The van der Waals surface area contributed by atoms with Crippen molar-refractivity contribution >= 4 is 16.0 Å². The molecule has 1 aliphatic carbocycles. The molecule has 29 heavy (non-hydrogen) atoms. The number of sulfonamides is 1. The molecule has 8 nitrogen and oxygen atoms in total. The summed E-state index contributed by atoms with van der Waals surface area (Å²) < 4.78 is 72.4. The van der Waals surface area contributed by atoms with Crippen LogP contribution in [0.5, 0.6) is 0 Å². The van der Waals surface area contributed by atoms with Crippen molar-refractivity contribution in [1.29, 1.82) is 0 Å². The molecule has 0 spiro atoms. The van der Waals surface area contributed by atoms with Gasteiger partial charge in [0.05, 0.1) is 29.5 Å². The van der Waals surface area contributed by atoms with Crippen molar-refractivity contribution in [3.63, 3.8) is 0 Å². The van der Waals surface area contributed by atoms with Crippen LogP contribution in [-0.2, 0) is 20.9 Å². The predicted molar refractivity (Wildman–Crippen MR) is 95.8 cm³/mol. The summed E-state index contributed by atoms with van der Waals surface area (Å²) in [7, 11) is -3.93. The first-order valence-electron chi connectivity index (χ1n) is 8.94. The summed E-state index contributed by atoms with van der Waals surface area (Å²) in [5.41, 5.74) is -0.419. The van der Waals surface area contributed by atoms with Crippen molar-refractivity contribution in [2.45, 2.75) is 56.9 Å². The quantitative estimate of drug-likeness (QED) is 0.680. The van der Waals surface area contributed by atoms with E-state index in [1.807, 2.05) is 0 Å². The number of carbonyl (C=O) groups is 1. The highest BCUT2D eigenvalue weighted by atomic mass is 32.2. The van der Waals surface area contributed by atoms with Crippen LogP contribution in [0.25, 0.3) is 0 Å². The van der Waals surface area contributed by atoms with Crippen molar-refractivity contribution in [2.24, 2.45) is 0 Å². The van der Waals surface area contributed by atoms with Crippen molar-refractivity contribution in [1.82, 2.24) is 19.5 Å². The summed E-state index contributed by atoms with van der Waals surface area (Å²) in [6.07, 6.45) is -2.91. The number of aryl methyl sites for hydroxylation is 2. The van der Waals surface area contributed by atoms with E-state index in [2.05, 4.69) is 14.8 Å². The zero-order chi connectivity index (χ0) is 21.6. The molecule has 0 aromatic carbocycles. The van der Waals surface area contributed by atoms with Gasteiger partial charge in [-0.3, -0.25) is 4.68 Å². The third kappa shape index (κ3) is 4.32. The first-order valence-corrected chi connectivity index (χ1v) is 10.4. The summed E-state index contributed by atoms with van der Waals surface area (Å²) in [6.45, 7) is 4.65. The molecule has 0 radical (unpaired) electrons. The van der Waals surface area contributed by atoms with Gasteiger partial charge in [-0.25, -0.2) is 17.9 Å². The lowest BCUT2D eigenvalue weighted by molar-refractivity contribution is -0.138. The van der Waals surface area contributed by atoms with Gasteiger partial charge in [0.2, 0.25) is 0 Å². The normalized spacial score (nSPS) is 19.8. The third-order valence-electron chi connectivity index (χ3n) is 4.81. The van der Waals surface area contributed by atoms with Crippen LogP contribution in [0, 0.1) is 13.8 Å². The van der Waals surface area contributed by atoms with Crippen molar-refractivity contribution in [3.05, 3.63) is 34.8 Å². The molecular formula is C17H21F3N4O4S. The number of aromatic nitrogens is 3. The number of alkyl halides is 3. The average molecular weight is 434 g/mol. The van der Waals surface area contributed by atoms with Crippen LogP contribution in [0.3, 0.4) is 0 Å². The van der Waals surface area contributed by atoms with Crippen LogP contribution in [0.2, 0.25) is 0 Å². The molecule has 0 saturated heterocycles. The second kappa shape index (κ2) is 7.48. The first-order chi connectivity index (χ1) is 13.4. The van der Waals surface area contributed by atoms with E-state index in [4.69, 9.17) is 4.74 Å². The Kier molecular flexibility index (Phi) is 5.52. The predicted octanol–water partition coefficient (Wildman–Crippen LogP) is 2.71. The van der Waals surface area contributed by atoms with Gasteiger partial charge in [0.25, 0.3) is 10.0 Å². The number of halogens is 3. The van der Waals surface area contributed by atoms with Crippen LogP contribution < -0.4 is 4.72 Å². The number of H-pyrrole nitrogens is 1. The number of carbonyl (C=O) groups excluding carboxylic acids is 1. The Morgan fingerprint density at radius 1 is 1.38 bits per heavy atom. The number of hydrogen-bond acceptors (Lipinski definition) is 5. The third-order valence-corrected chi connectivity index (χ3v) is 6.25. The lowest BCUT2D eigenvalue weighted by Gasteiger charge is -2.35. The van der Waals surface area contributed by atoms with E-state index >= 15 is 0 Å². The molecule has 0 unspecified atom stereocenters. The summed E-state index contributed by atoms with van der Waals surface area (Å²) in [6, 6.07) is 0.439. The van der Waals surface area contributed by atoms with E-state index in [0.717, 1.165) is 6.20 Å². The van der Waals surface area contributed by atoms with Crippen LogP contribution in [-0.4, -0.2) is 41.8 Å². The Morgan fingerprint density at radius 2 is 2.03 bits per heavy atom. The molecule has 2 aromatic rings. The van der Waals surface area contributed by atoms with Gasteiger partial charge in [0.15, 0.2) is 0 Å². The first kappa shape index (κ1) is 21.4. The van der Waals surface area contributed by atoms with E-state index in [1.54, 1.807) is 13.8 Å². The largest absolute Gasteiger partial charge is 0.462 e. The molecule has 0 atom stereocenters. The SMILES string of the molecule is CCOC(=O)c1cc(S(=O)(=O)N[C@H]2C[C@H](n3cc(C(F)(F)F)c(C)n3)C2)[nH]c1C. The minimum Gasteiger partial charge on any atom is -0.462 e. The van der Waals surface area contributed by atoms with Gasteiger partial charge in [-0.1, -0.05) is 0 Å². The zero-order valence-electron chi connectivity index (χ0n) is 16.0. The maximum Gasteiger partial charge on any atom is 0.419 e. The van der Waals surface area contributed by atoms with E-state index in [1.165, 1.54) is 17.7 Å². The van der Waals surface area contributed by atoms with Gasteiger partial charge in [0, 0.05) is 17.9 Å². The number of nitrogens with zero attached hydrogens (tertiary/aromatic N) is 2. The summed E-state index contributed by atoms with van der Waals surface area (Å²) in [5.74, 6) is -0.624. The molecular weight excluding hydrogens is 413 g/mol. The maximum absolute atomic E-state index is 12.9. The molecule has 12 heteroatoms. The Bertz CT molecular complexity index is 1020.